The predicted molar refractivity (Wildman–Crippen MR) is 121 cm³/mol. The highest BCUT2D eigenvalue weighted by Gasteiger charge is 2.20. The molecule has 0 aromatic carbocycles. The molecule has 0 aliphatic rings. The van der Waals surface area contributed by atoms with E-state index >= 15 is 0 Å². The van der Waals surface area contributed by atoms with E-state index in [1.54, 1.807) is 18.3 Å². The molecule has 29 heavy (non-hydrogen) atoms. The number of aryl methyl sites for hydroxylation is 1. The minimum atomic E-state index is -0.314. The Bertz CT molecular complexity index is 802. The van der Waals surface area contributed by atoms with Crippen LogP contribution in [0.3, 0.4) is 0 Å². The van der Waals surface area contributed by atoms with Crippen molar-refractivity contribution in [1.82, 2.24) is 20.5 Å². The van der Waals surface area contributed by atoms with Gasteiger partial charge in [-0.3, -0.25) is 4.99 Å². The lowest BCUT2D eigenvalue weighted by atomic mass is 10.2. The molecule has 160 valence electrons. The number of carbonyl (C=O) groups is 1. The fourth-order valence-electron chi connectivity index (χ4n) is 2.74. The van der Waals surface area contributed by atoms with Crippen LogP contribution in [0.15, 0.2) is 22.5 Å². The first-order valence-electron chi connectivity index (χ1n) is 9.76. The molecule has 0 fully saturated rings. The number of carbonyl (C=O) groups excluding carboxylic acids is 1. The van der Waals surface area contributed by atoms with Gasteiger partial charge in [-0.1, -0.05) is 6.07 Å². The maximum atomic E-state index is 12.1. The van der Waals surface area contributed by atoms with Crippen LogP contribution in [0, 0.1) is 6.92 Å². The van der Waals surface area contributed by atoms with Crippen molar-refractivity contribution in [2.75, 3.05) is 33.8 Å². The summed E-state index contributed by atoms with van der Waals surface area (Å²) in [5, 5.41) is 9.62. The first-order chi connectivity index (χ1) is 13.9. The molecule has 0 radical (unpaired) electrons. The van der Waals surface area contributed by atoms with Crippen LogP contribution in [0.1, 0.15) is 58.1 Å². The number of thiophene rings is 1. The van der Waals surface area contributed by atoms with E-state index in [1.807, 2.05) is 20.8 Å². The van der Waals surface area contributed by atoms with Crippen molar-refractivity contribution in [2.45, 2.75) is 39.8 Å². The summed E-state index contributed by atoms with van der Waals surface area (Å²) in [5.74, 6) is 0.417. The summed E-state index contributed by atoms with van der Waals surface area (Å²) in [6.45, 7) is 9.44. The van der Waals surface area contributed by atoms with Crippen molar-refractivity contribution in [3.8, 4) is 0 Å². The van der Waals surface area contributed by atoms with Crippen LogP contribution in [0.5, 0.6) is 0 Å². The zero-order chi connectivity index (χ0) is 21.4. The van der Waals surface area contributed by atoms with Crippen molar-refractivity contribution in [3.05, 3.63) is 38.0 Å². The molecule has 2 aromatic heterocycles. The number of guanidine groups is 1. The van der Waals surface area contributed by atoms with Gasteiger partial charge in [0.25, 0.3) is 0 Å². The Hall–Kier alpha value is -1.97. The van der Waals surface area contributed by atoms with Gasteiger partial charge in [0.05, 0.1) is 30.9 Å². The highest BCUT2D eigenvalue weighted by molar-refractivity contribution is 7.13. The molecule has 9 heteroatoms. The highest BCUT2D eigenvalue weighted by Crippen LogP contribution is 2.25. The molecule has 0 amide bonds. The number of hydrogen-bond donors (Lipinski definition) is 2. The number of nitrogens with one attached hydrogen (secondary N) is 2. The van der Waals surface area contributed by atoms with Gasteiger partial charge in [-0.05, 0) is 53.2 Å². The maximum Gasteiger partial charge on any atom is 0.350 e. The van der Waals surface area contributed by atoms with Gasteiger partial charge in [0, 0.05) is 11.4 Å². The van der Waals surface area contributed by atoms with Crippen LogP contribution in [-0.2, 0) is 4.74 Å². The number of rotatable bonds is 9. The molecule has 2 rings (SSSR count). The number of esters is 1. The van der Waals surface area contributed by atoms with Gasteiger partial charge in [0.2, 0.25) is 0 Å². The Morgan fingerprint density at radius 2 is 2.14 bits per heavy atom. The summed E-state index contributed by atoms with van der Waals surface area (Å²) < 4.78 is 5.12. The largest absolute Gasteiger partial charge is 0.462 e. The van der Waals surface area contributed by atoms with Crippen LogP contribution in [0.4, 0.5) is 0 Å². The van der Waals surface area contributed by atoms with Crippen molar-refractivity contribution in [2.24, 2.45) is 4.99 Å². The van der Waals surface area contributed by atoms with E-state index in [2.05, 4.69) is 52.1 Å². The molecular weight excluding hydrogens is 406 g/mol. The van der Waals surface area contributed by atoms with Gasteiger partial charge in [-0.25, -0.2) is 9.78 Å². The third-order valence-corrected chi connectivity index (χ3v) is 6.55. The summed E-state index contributed by atoms with van der Waals surface area (Å²) >= 11 is 3.11. The molecule has 2 atom stereocenters. The molecule has 2 unspecified atom stereocenters. The van der Waals surface area contributed by atoms with Gasteiger partial charge < -0.3 is 20.3 Å². The normalized spacial score (nSPS) is 14.0. The van der Waals surface area contributed by atoms with Crippen LogP contribution < -0.4 is 10.6 Å². The van der Waals surface area contributed by atoms with E-state index in [4.69, 9.17) is 9.73 Å². The van der Waals surface area contributed by atoms with Crippen LogP contribution >= 0.6 is 22.7 Å². The maximum absolute atomic E-state index is 12.1. The number of ether oxygens (including phenoxy) is 1. The standard InChI is InChI=1S/C20H31N5O2S2/c1-7-21-20(22-12-15(25(5)6)16-10-9-11-28-16)24-14(4)18-23-13(3)17(29-18)19(26)27-8-2/h9-11,14-15H,7-8,12H2,1-6H3,(H2,21,22,24). The quantitative estimate of drug-likeness (QED) is 0.354. The SMILES string of the molecule is CCNC(=NCC(c1cccs1)N(C)C)NC(C)c1nc(C)c(C(=O)OCC)s1. The third kappa shape index (κ3) is 6.52. The molecular formula is C20H31N5O2S2. The monoisotopic (exact) mass is 437 g/mol. The number of likely N-dealkylation sites (N-methyl/N-ethyl adjacent to an activating group) is 1. The average molecular weight is 438 g/mol. The van der Waals surface area contributed by atoms with Gasteiger partial charge in [0.15, 0.2) is 5.96 Å². The van der Waals surface area contributed by atoms with E-state index in [0.717, 1.165) is 17.5 Å². The van der Waals surface area contributed by atoms with Gasteiger partial charge in [-0.15, -0.1) is 22.7 Å². The molecule has 0 aliphatic carbocycles. The van der Waals surface area contributed by atoms with E-state index in [1.165, 1.54) is 16.2 Å². The molecule has 2 aromatic rings. The van der Waals surface area contributed by atoms with Crippen molar-refractivity contribution < 1.29 is 9.53 Å². The van der Waals surface area contributed by atoms with E-state index in [9.17, 15) is 4.79 Å². The summed E-state index contributed by atoms with van der Waals surface area (Å²) in [4.78, 5) is 25.4. The summed E-state index contributed by atoms with van der Waals surface area (Å²) in [6, 6.07) is 4.35. The van der Waals surface area contributed by atoms with E-state index in [0.29, 0.717) is 23.7 Å². The van der Waals surface area contributed by atoms with Crippen LogP contribution in [-0.4, -0.2) is 55.6 Å². The zero-order valence-corrected chi connectivity index (χ0v) is 19.6. The molecule has 0 saturated carbocycles. The first-order valence-corrected chi connectivity index (χ1v) is 11.5. The minimum Gasteiger partial charge on any atom is -0.462 e. The second-order valence-electron chi connectivity index (χ2n) is 6.77. The second-order valence-corrected chi connectivity index (χ2v) is 8.78. The zero-order valence-electron chi connectivity index (χ0n) is 18.0. The second kappa shape index (κ2) is 11.3. The summed E-state index contributed by atoms with van der Waals surface area (Å²) in [6.07, 6.45) is 0. The molecule has 7 nitrogen and oxygen atoms in total. The lowest BCUT2D eigenvalue weighted by Crippen LogP contribution is -2.39. The fraction of sp³-hybridized carbons (Fsp3) is 0.550. The first kappa shape index (κ1) is 23.3. The number of aromatic nitrogens is 1. The van der Waals surface area contributed by atoms with Crippen molar-refractivity contribution >= 4 is 34.6 Å². The van der Waals surface area contributed by atoms with Gasteiger partial charge in [-0.2, -0.15) is 0 Å². The molecule has 2 N–H and O–H groups in total. The van der Waals surface area contributed by atoms with E-state index in [-0.39, 0.29) is 18.1 Å². The lowest BCUT2D eigenvalue weighted by molar-refractivity contribution is 0.0531. The lowest BCUT2D eigenvalue weighted by Gasteiger charge is -2.22. The summed E-state index contributed by atoms with van der Waals surface area (Å²) in [7, 11) is 4.14. The fourth-order valence-corrected chi connectivity index (χ4v) is 4.62. The molecule has 0 bridgehead atoms. The number of hydrogen-bond acceptors (Lipinski definition) is 7. The molecule has 0 saturated heterocycles. The van der Waals surface area contributed by atoms with E-state index < -0.39 is 0 Å². The topological polar surface area (TPSA) is 78.9 Å². The Kier molecular flexibility index (Phi) is 9.06. The van der Waals surface area contributed by atoms with Gasteiger partial charge in [0.1, 0.15) is 9.88 Å². The summed E-state index contributed by atoms with van der Waals surface area (Å²) in [5.41, 5.74) is 0.699. The Balaban J connectivity index is 2.12. The van der Waals surface area contributed by atoms with Crippen molar-refractivity contribution in [3.63, 3.8) is 0 Å². The predicted octanol–water partition coefficient (Wildman–Crippen LogP) is 3.61. The highest BCUT2D eigenvalue weighted by atomic mass is 32.1. The minimum absolute atomic E-state index is 0.0841. The molecule has 2 heterocycles. The smallest absolute Gasteiger partial charge is 0.350 e. The number of aliphatic imine (C=N–C) groups is 1. The molecule has 0 spiro atoms. The van der Waals surface area contributed by atoms with Crippen molar-refractivity contribution in [1.29, 1.82) is 0 Å². The molecule has 0 aliphatic heterocycles. The Morgan fingerprint density at radius 1 is 1.38 bits per heavy atom. The third-order valence-electron chi connectivity index (χ3n) is 4.26. The number of thiazole rings is 1. The Morgan fingerprint density at radius 3 is 2.72 bits per heavy atom. The number of nitrogens with zero attached hydrogens (tertiary/aromatic N) is 3. The average Bonchev–Trinajstić information content (AvgIpc) is 3.32. The van der Waals surface area contributed by atoms with Crippen LogP contribution in [0.25, 0.3) is 0 Å². The van der Waals surface area contributed by atoms with Gasteiger partial charge >= 0.3 is 5.97 Å². The Labute approximate surface area is 181 Å². The van der Waals surface area contributed by atoms with Crippen LogP contribution in [0.2, 0.25) is 0 Å².